The lowest BCUT2D eigenvalue weighted by molar-refractivity contribution is -0.206. The Morgan fingerprint density at radius 3 is 1.45 bits per heavy atom. The van der Waals surface area contributed by atoms with Gasteiger partial charge in [0.1, 0.15) is 52.9 Å². The van der Waals surface area contributed by atoms with Crippen LogP contribution in [0.25, 0.3) is 0 Å². The molecule has 0 aliphatic carbocycles. The van der Waals surface area contributed by atoms with E-state index in [-0.39, 0.29) is 0 Å². The van der Waals surface area contributed by atoms with Crippen molar-refractivity contribution in [3.8, 4) is 0 Å². The van der Waals surface area contributed by atoms with Crippen LogP contribution >= 0.6 is 35.3 Å². The molecular weight excluding hydrogens is 568 g/mol. The molecule has 15 atom stereocenters. The first-order valence-corrected chi connectivity index (χ1v) is 15.1. The fraction of sp³-hybridized carbons (Fsp3) is 0.909. The summed E-state index contributed by atoms with van der Waals surface area (Å²) < 4.78 is 17.1. The molecule has 3 aliphatic heterocycles. The van der Waals surface area contributed by atoms with Crippen LogP contribution in [0, 0.1) is 0 Å². The molecule has 0 aromatic rings. The number of rotatable bonds is 11. The van der Waals surface area contributed by atoms with Gasteiger partial charge in [-0.1, -0.05) is 6.08 Å². The minimum Gasteiger partial charge on any atom is -0.394 e. The van der Waals surface area contributed by atoms with Crippen molar-refractivity contribution in [3.63, 3.8) is 0 Å². The molecule has 3 heterocycles. The molecule has 0 amide bonds. The first-order chi connectivity index (χ1) is 18.1. The summed E-state index contributed by atoms with van der Waals surface area (Å²) in [4.78, 5) is 0. The first kappa shape index (κ1) is 32.8. The van der Waals surface area contributed by atoms with Crippen LogP contribution < -0.4 is 0 Å². The van der Waals surface area contributed by atoms with Gasteiger partial charge in [-0.3, -0.25) is 0 Å². The molecule has 0 aromatic heterocycles. The number of aliphatic hydroxyl groups excluding tert-OH is 10. The number of hydrogen-bond donors (Lipinski definition) is 10. The molecule has 3 saturated heterocycles. The van der Waals surface area contributed by atoms with Crippen LogP contribution in [-0.2, 0) is 14.2 Å². The Kier molecular flexibility index (Phi) is 12.9. The summed E-state index contributed by atoms with van der Waals surface area (Å²) in [6.45, 7) is 1.87. The predicted octanol–water partition coefficient (Wildman–Crippen LogP) is -3.82. The molecule has 3 aliphatic rings. The third-order valence-corrected chi connectivity index (χ3v) is 11.0. The van der Waals surface area contributed by atoms with Crippen molar-refractivity contribution in [2.24, 2.45) is 0 Å². The van der Waals surface area contributed by atoms with E-state index < -0.39 is 108 Å². The largest absolute Gasteiger partial charge is 0.394 e. The Bertz CT molecular complexity index is 735. The van der Waals surface area contributed by atoms with Gasteiger partial charge >= 0.3 is 0 Å². The molecule has 0 unspecified atom stereocenters. The zero-order valence-electron chi connectivity index (χ0n) is 20.4. The number of ether oxygens (including phenoxy) is 3. The zero-order chi connectivity index (χ0) is 28.1. The summed E-state index contributed by atoms with van der Waals surface area (Å²) in [5, 5.41) is 101. The minimum atomic E-state index is -1.64. The molecule has 10 N–H and O–H groups in total. The molecule has 3 fully saturated rings. The maximum Gasteiger partial charge on any atom is 0.132 e. The molecular formula is C22H38O13S3. The van der Waals surface area contributed by atoms with Gasteiger partial charge < -0.3 is 65.3 Å². The second-order valence-corrected chi connectivity index (χ2v) is 13.0. The molecule has 0 saturated carbocycles. The average molecular weight is 607 g/mol. The Balaban J connectivity index is 1.69. The van der Waals surface area contributed by atoms with Gasteiger partial charge in [0.05, 0.1) is 54.7 Å². The van der Waals surface area contributed by atoms with Crippen LogP contribution in [0.5, 0.6) is 0 Å². The summed E-state index contributed by atoms with van der Waals surface area (Å²) in [6, 6.07) is 0. The number of aliphatic hydroxyl groups is 10. The number of allylic oxidation sites excluding steroid dienone is 1. The fourth-order valence-electron chi connectivity index (χ4n) is 4.45. The lowest BCUT2D eigenvalue weighted by atomic mass is 10.0. The summed E-state index contributed by atoms with van der Waals surface area (Å²) >= 11 is 2.86. The molecule has 38 heavy (non-hydrogen) atoms. The molecule has 0 aromatic carbocycles. The Morgan fingerprint density at radius 2 is 0.974 bits per heavy atom. The van der Waals surface area contributed by atoms with Gasteiger partial charge in [0.25, 0.3) is 0 Å². The van der Waals surface area contributed by atoms with Crippen molar-refractivity contribution in [2.75, 3.05) is 25.6 Å². The van der Waals surface area contributed by atoms with E-state index in [2.05, 4.69) is 6.58 Å². The van der Waals surface area contributed by atoms with E-state index in [9.17, 15) is 51.1 Å². The van der Waals surface area contributed by atoms with Crippen LogP contribution in [0.1, 0.15) is 6.42 Å². The van der Waals surface area contributed by atoms with Gasteiger partial charge in [-0.2, -0.15) is 0 Å². The van der Waals surface area contributed by atoms with Crippen LogP contribution in [0.15, 0.2) is 12.7 Å². The van der Waals surface area contributed by atoms with Crippen molar-refractivity contribution in [3.05, 3.63) is 12.7 Å². The highest BCUT2D eigenvalue weighted by molar-refractivity contribution is 8.01. The van der Waals surface area contributed by atoms with E-state index in [1.54, 1.807) is 6.08 Å². The fourth-order valence-corrected chi connectivity index (χ4v) is 8.54. The average Bonchev–Trinajstić information content (AvgIpc) is 2.91. The third-order valence-electron chi connectivity index (χ3n) is 6.68. The van der Waals surface area contributed by atoms with E-state index in [0.717, 1.165) is 23.5 Å². The van der Waals surface area contributed by atoms with Gasteiger partial charge in [0.15, 0.2) is 0 Å². The lowest BCUT2D eigenvalue weighted by Gasteiger charge is -2.48. The van der Waals surface area contributed by atoms with E-state index >= 15 is 0 Å². The molecule has 0 radical (unpaired) electrons. The lowest BCUT2D eigenvalue weighted by Crippen LogP contribution is -2.62. The topological polar surface area (TPSA) is 230 Å². The van der Waals surface area contributed by atoms with Gasteiger partial charge in [-0.05, 0) is 12.2 Å². The smallest absolute Gasteiger partial charge is 0.132 e. The molecule has 16 heteroatoms. The number of hydrogen-bond acceptors (Lipinski definition) is 16. The van der Waals surface area contributed by atoms with Crippen LogP contribution in [-0.4, -0.2) is 164 Å². The maximum atomic E-state index is 10.9. The minimum absolute atomic E-state index is 0.496. The van der Waals surface area contributed by atoms with E-state index in [4.69, 9.17) is 14.2 Å². The summed E-state index contributed by atoms with van der Waals surface area (Å²) in [6.07, 6.45) is -11.5. The van der Waals surface area contributed by atoms with Gasteiger partial charge in [0.2, 0.25) is 0 Å². The monoisotopic (exact) mass is 606 g/mol. The van der Waals surface area contributed by atoms with E-state index in [1.807, 2.05) is 0 Å². The predicted molar refractivity (Wildman–Crippen MR) is 139 cm³/mol. The normalized spacial score (nSPS) is 48.1. The van der Waals surface area contributed by atoms with Crippen LogP contribution in [0.2, 0.25) is 0 Å². The SMILES string of the molecule is C=CCCS[C@@H]1O[C@H](CO)[C@@H](S[C@@H]2O[C@H](CO)[C@H](S[C@H]3O[C@H](CO)[C@H](O)[C@H](O)[C@H]3O)[C@H](O)[C@H]2O)[C@H](O)[C@H]1O. The van der Waals surface area contributed by atoms with Crippen molar-refractivity contribution in [2.45, 2.75) is 94.3 Å². The van der Waals surface area contributed by atoms with Crippen LogP contribution in [0.3, 0.4) is 0 Å². The summed E-state index contributed by atoms with van der Waals surface area (Å²) in [5.74, 6) is 0.580. The zero-order valence-corrected chi connectivity index (χ0v) is 22.9. The summed E-state index contributed by atoms with van der Waals surface area (Å²) in [5.41, 5.74) is -3.24. The van der Waals surface area contributed by atoms with Gasteiger partial charge in [-0.25, -0.2) is 0 Å². The Hall–Kier alpha value is 0.270. The Labute approximate surface area is 232 Å². The first-order valence-electron chi connectivity index (χ1n) is 12.2. The summed E-state index contributed by atoms with van der Waals surface area (Å²) in [7, 11) is 0. The molecule has 222 valence electrons. The van der Waals surface area contributed by atoms with E-state index in [0.29, 0.717) is 12.2 Å². The second-order valence-electron chi connectivity index (χ2n) is 9.26. The van der Waals surface area contributed by atoms with Crippen molar-refractivity contribution >= 4 is 35.3 Å². The highest BCUT2D eigenvalue weighted by Gasteiger charge is 2.52. The highest BCUT2D eigenvalue weighted by atomic mass is 32.2. The quantitative estimate of drug-likeness (QED) is 0.0802. The van der Waals surface area contributed by atoms with Crippen molar-refractivity contribution < 1.29 is 65.3 Å². The maximum absolute atomic E-state index is 10.9. The van der Waals surface area contributed by atoms with Crippen molar-refractivity contribution in [1.82, 2.24) is 0 Å². The highest BCUT2D eigenvalue weighted by Crippen LogP contribution is 2.43. The third kappa shape index (κ3) is 7.18. The van der Waals surface area contributed by atoms with E-state index in [1.165, 1.54) is 11.8 Å². The van der Waals surface area contributed by atoms with Crippen molar-refractivity contribution in [1.29, 1.82) is 0 Å². The molecule has 0 spiro atoms. The van der Waals surface area contributed by atoms with Gasteiger partial charge in [0, 0.05) is 0 Å². The van der Waals surface area contributed by atoms with Gasteiger partial charge in [-0.15, -0.1) is 41.9 Å². The molecule has 0 bridgehead atoms. The number of thioether (sulfide) groups is 3. The second kappa shape index (κ2) is 14.9. The standard InChI is InChI=1S/C22H38O13S3/c1-2-3-4-36-20-16(31)13(28)18(9(6-24)34-20)38-22-17(32)14(29)19(10(7-25)35-22)37-21-15(30)12(27)11(26)8(5-23)33-21/h2,8-32H,1,3-7H2/t8-,9-,10-,11+,12+,13-,14-,15-,16-,17-,18-,19+,20+,21-,22+/m1/s1. The molecule has 13 nitrogen and oxygen atoms in total. The Morgan fingerprint density at radius 1 is 0.553 bits per heavy atom. The van der Waals surface area contributed by atoms with Crippen LogP contribution in [0.4, 0.5) is 0 Å². The molecule has 3 rings (SSSR count).